The van der Waals surface area contributed by atoms with Crippen LogP contribution in [0.2, 0.25) is 0 Å². The molecule has 60 heavy (non-hydrogen) atoms. The van der Waals surface area contributed by atoms with Gasteiger partial charge in [-0.25, -0.2) is 0 Å². The van der Waals surface area contributed by atoms with Gasteiger partial charge in [0.15, 0.2) is 0 Å². The molecule has 0 heterocycles. The van der Waals surface area contributed by atoms with E-state index in [-0.39, 0.29) is 24.9 Å². The minimum absolute atomic E-state index is 0.0636. The Morgan fingerprint density at radius 3 is 1.22 bits per heavy atom. The smallest absolute Gasteiger partial charge is 0.306 e. The molecule has 0 spiro atoms. The highest BCUT2D eigenvalue weighted by Gasteiger charge is 2.24. The van der Waals surface area contributed by atoms with Gasteiger partial charge in [-0.2, -0.15) is 0 Å². The van der Waals surface area contributed by atoms with E-state index in [1.54, 1.807) is 0 Å². The zero-order valence-electron chi connectivity index (χ0n) is 40.6. The molecule has 1 amide bonds. The van der Waals surface area contributed by atoms with E-state index in [2.05, 4.69) is 38.2 Å². The highest BCUT2D eigenvalue weighted by Crippen LogP contribution is 2.18. The number of carbonyl (C=O) groups excluding carboxylic acids is 2. The summed E-state index contributed by atoms with van der Waals surface area (Å²) in [7, 11) is 0. The van der Waals surface area contributed by atoms with Gasteiger partial charge in [0.2, 0.25) is 5.91 Å². The lowest BCUT2D eigenvalue weighted by molar-refractivity contribution is -0.151. The second-order valence-corrected chi connectivity index (χ2v) is 18.6. The van der Waals surface area contributed by atoms with Gasteiger partial charge in [0.05, 0.1) is 25.2 Å². The van der Waals surface area contributed by atoms with Crippen LogP contribution in [0.25, 0.3) is 0 Å². The van der Waals surface area contributed by atoms with Crippen molar-refractivity contribution in [1.29, 1.82) is 0 Å². The van der Waals surface area contributed by atoms with Gasteiger partial charge in [0.1, 0.15) is 6.10 Å². The minimum atomic E-state index is -0.787. The fourth-order valence-electron chi connectivity index (χ4n) is 8.49. The highest BCUT2D eigenvalue weighted by atomic mass is 16.5. The van der Waals surface area contributed by atoms with Crippen LogP contribution in [0.5, 0.6) is 0 Å². The molecule has 0 bridgehead atoms. The van der Waals surface area contributed by atoms with Gasteiger partial charge in [-0.05, 0) is 44.9 Å². The maximum absolute atomic E-state index is 13.2. The summed E-state index contributed by atoms with van der Waals surface area (Å²) in [4.78, 5) is 26.1. The lowest BCUT2D eigenvalue weighted by Gasteiger charge is -2.24. The van der Waals surface area contributed by atoms with Crippen LogP contribution in [0.3, 0.4) is 0 Å². The van der Waals surface area contributed by atoms with Gasteiger partial charge in [0.25, 0.3) is 0 Å². The van der Waals surface area contributed by atoms with Crippen LogP contribution in [0.4, 0.5) is 0 Å². The number of rotatable bonds is 49. The van der Waals surface area contributed by atoms with Crippen molar-refractivity contribution in [2.75, 3.05) is 6.61 Å². The summed E-state index contributed by atoms with van der Waals surface area (Å²) in [5.41, 5.74) is 0. The van der Waals surface area contributed by atoms with Crippen LogP contribution < -0.4 is 5.32 Å². The average molecular weight is 848 g/mol. The number of unbranched alkanes of at least 4 members (excludes halogenated alkanes) is 35. The number of nitrogens with one attached hydrogen (secondary N) is 1. The molecule has 356 valence electrons. The molecule has 0 saturated heterocycles. The number of hydrogen-bond donors (Lipinski definition) is 3. The molecule has 3 atom stereocenters. The number of ether oxygens (including phenoxy) is 1. The van der Waals surface area contributed by atoms with E-state index in [0.717, 1.165) is 51.4 Å². The summed E-state index contributed by atoms with van der Waals surface area (Å²) < 4.78 is 5.92. The minimum Gasteiger partial charge on any atom is -0.462 e. The quantitative estimate of drug-likeness (QED) is 0.0322. The number of aliphatic hydroxyl groups is 2. The van der Waals surface area contributed by atoms with E-state index in [4.69, 9.17) is 4.74 Å². The standard InChI is InChI=1S/C54H105NO5/c1-4-7-10-13-16-19-22-23-24-25-26-27-28-29-32-35-38-41-44-47-54(59)60-50(45-42-39-36-33-30-20-17-14-11-8-5-2)48-53(58)55-51(49-56)52(57)46-43-40-37-34-31-21-18-15-12-9-6-3/h33,36,50-52,56-57H,4-32,34-35,37-49H2,1-3H3,(H,55,58)/b36-33-. The van der Waals surface area contributed by atoms with Gasteiger partial charge >= 0.3 is 5.97 Å². The van der Waals surface area contributed by atoms with Gasteiger partial charge in [-0.3, -0.25) is 9.59 Å². The number of allylic oxidation sites excluding steroid dienone is 2. The van der Waals surface area contributed by atoms with Crippen LogP contribution in [-0.4, -0.2) is 46.9 Å². The Kier molecular flexibility index (Phi) is 47.5. The van der Waals surface area contributed by atoms with E-state index in [9.17, 15) is 19.8 Å². The summed E-state index contributed by atoms with van der Waals surface area (Å²) >= 11 is 0. The number of carbonyl (C=O) groups is 2. The first-order valence-corrected chi connectivity index (χ1v) is 26.9. The first-order chi connectivity index (χ1) is 29.5. The summed E-state index contributed by atoms with van der Waals surface area (Å²) in [6.07, 6.45) is 54.3. The second kappa shape index (κ2) is 48.6. The van der Waals surface area contributed by atoms with Crippen LogP contribution in [0, 0.1) is 0 Å². The zero-order chi connectivity index (χ0) is 43.8. The number of hydrogen-bond acceptors (Lipinski definition) is 5. The predicted octanol–water partition coefficient (Wildman–Crippen LogP) is 16.1. The molecule has 0 saturated carbocycles. The van der Waals surface area contributed by atoms with Crippen molar-refractivity contribution in [1.82, 2.24) is 5.32 Å². The number of amides is 1. The van der Waals surface area contributed by atoms with Gasteiger partial charge in [0, 0.05) is 6.42 Å². The van der Waals surface area contributed by atoms with Crippen molar-refractivity contribution < 1.29 is 24.5 Å². The molecule has 0 aromatic carbocycles. The van der Waals surface area contributed by atoms with Gasteiger partial charge < -0.3 is 20.3 Å². The number of aliphatic hydroxyl groups excluding tert-OH is 2. The van der Waals surface area contributed by atoms with Crippen LogP contribution in [0.15, 0.2) is 12.2 Å². The lowest BCUT2D eigenvalue weighted by atomic mass is 10.0. The SMILES string of the molecule is CCCCCCCC/C=C\CCCC(CC(=O)NC(CO)C(O)CCCCCCCCCCCCC)OC(=O)CCCCCCCCCCCCCCCCCCCCC. The molecule has 0 aliphatic carbocycles. The number of esters is 1. The molecule has 0 aliphatic rings. The fraction of sp³-hybridized carbons (Fsp3) is 0.926. The maximum Gasteiger partial charge on any atom is 0.306 e. The van der Waals surface area contributed by atoms with Crippen molar-refractivity contribution >= 4 is 11.9 Å². The van der Waals surface area contributed by atoms with Gasteiger partial charge in [-0.15, -0.1) is 0 Å². The topological polar surface area (TPSA) is 95.9 Å². The highest BCUT2D eigenvalue weighted by molar-refractivity contribution is 5.77. The molecule has 0 aromatic heterocycles. The molecule has 0 aliphatic heterocycles. The summed E-state index contributed by atoms with van der Waals surface area (Å²) in [6.45, 7) is 6.49. The molecular formula is C54H105NO5. The third-order valence-corrected chi connectivity index (χ3v) is 12.6. The molecule has 3 unspecified atom stereocenters. The Morgan fingerprint density at radius 2 is 0.817 bits per heavy atom. The third kappa shape index (κ3) is 43.3. The Bertz CT molecular complexity index is 909. The first-order valence-electron chi connectivity index (χ1n) is 26.9. The molecule has 0 radical (unpaired) electrons. The van der Waals surface area contributed by atoms with E-state index < -0.39 is 18.2 Å². The fourth-order valence-corrected chi connectivity index (χ4v) is 8.49. The Balaban J connectivity index is 4.44. The maximum atomic E-state index is 13.2. The summed E-state index contributed by atoms with van der Waals surface area (Å²) in [5.74, 6) is -0.486. The first kappa shape index (κ1) is 58.6. The van der Waals surface area contributed by atoms with Crippen LogP contribution in [0.1, 0.15) is 297 Å². The van der Waals surface area contributed by atoms with Crippen molar-refractivity contribution in [2.45, 2.75) is 315 Å². The van der Waals surface area contributed by atoms with Crippen molar-refractivity contribution in [3.63, 3.8) is 0 Å². The van der Waals surface area contributed by atoms with Crippen molar-refractivity contribution in [3.05, 3.63) is 12.2 Å². The third-order valence-electron chi connectivity index (χ3n) is 12.6. The lowest BCUT2D eigenvalue weighted by Crippen LogP contribution is -2.46. The Hall–Kier alpha value is -1.40. The largest absolute Gasteiger partial charge is 0.462 e. The van der Waals surface area contributed by atoms with Gasteiger partial charge in [-0.1, -0.05) is 251 Å². The van der Waals surface area contributed by atoms with Crippen molar-refractivity contribution in [2.24, 2.45) is 0 Å². The predicted molar refractivity (Wildman–Crippen MR) is 260 cm³/mol. The van der Waals surface area contributed by atoms with E-state index in [1.807, 2.05) is 0 Å². The molecule has 3 N–H and O–H groups in total. The van der Waals surface area contributed by atoms with Crippen LogP contribution in [-0.2, 0) is 14.3 Å². The normalized spacial score (nSPS) is 13.2. The summed E-state index contributed by atoms with van der Waals surface area (Å²) in [5, 5.41) is 23.7. The molecule has 6 nitrogen and oxygen atoms in total. The van der Waals surface area contributed by atoms with E-state index in [0.29, 0.717) is 19.3 Å². The van der Waals surface area contributed by atoms with E-state index in [1.165, 1.54) is 199 Å². The Labute approximate surface area is 374 Å². The molecule has 6 heteroatoms. The second-order valence-electron chi connectivity index (χ2n) is 18.6. The zero-order valence-corrected chi connectivity index (χ0v) is 40.6. The molecule has 0 fully saturated rings. The Morgan fingerprint density at radius 1 is 0.467 bits per heavy atom. The van der Waals surface area contributed by atoms with Crippen LogP contribution >= 0.6 is 0 Å². The van der Waals surface area contributed by atoms with E-state index >= 15 is 0 Å². The van der Waals surface area contributed by atoms with Crippen molar-refractivity contribution in [3.8, 4) is 0 Å². The molecular weight excluding hydrogens is 743 g/mol. The molecule has 0 rings (SSSR count). The monoisotopic (exact) mass is 848 g/mol. The average Bonchev–Trinajstić information content (AvgIpc) is 3.24. The molecule has 0 aromatic rings. The summed E-state index contributed by atoms with van der Waals surface area (Å²) in [6, 6.07) is -0.702.